The first-order valence-electron chi connectivity index (χ1n) is 8.34. The maximum absolute atomic E-state index is 12.8. The average Bonchev–Trinajstić information content (AvgIpc) is 3.25. The molecule has 2 heterocycles. The number of hydrogen-bond acceptors (Lipinski definition) is 3. The number of rotatable bonds is 3. The monoisotopic (exact) mass is 311 g/mol. The van der Waals surface area contributed by atoms with Crippen LogP contribution in [0.1, 0.15) is 43.2 Å². The number of ether oxygens (including phenoxy) is 1. The number of amides is 1. The summed E-state index contributed by atoms with van der Waals surface area (Å²) in [6.07, 6.45) is 8.19. The van der Waals surface area contributed by atoms with Crippen molar-refractivity contribution < 1.29 is 9.53 Å². The van der Waals surface area contributed by atoms with Gasteiger partial charge in [0, 0.05) is 18.0 Å². The van der Waals surface area contributed by atoms with Gasteiger partial charge in [-0.05, 0) is 25.0 Å². The van der Waals surface area contributed by atoms with Crippen molar-refractivity contribution in [2.24, 2.45) is 0 Å². The molecule has 1 N–H and O–H groups in total. The molecular weight excluding hydrogens is 290 g/mol. The molecule has 0 spiro atoms. The number of fused-ring (bicyclic) bond motifs is 1. The highest BCUT2D eigenvalue weighted by atomic mass is 16.5. The molecule has 0 radical (unpaired) electrons. The second kappa shape index (κ2) is 6.07. The van der Waals surface area contributed by atoms with Gasteiger partial charge in [-0.3, -0.25) is 9.48 Å². The Bertz CT molecular complexity index is 683. The van der Waals surface area contributed by atoms with Gasteiger partial charge in [-0.15, -0.1) is 0 Å². The lowest BCUT2D eigenvalue weighted by Gasteiger charge is -2.33. The molecule has 3 atom stereocenters. The number of nitrogens with zero attached hydrogens (tertiary/aromatic N) is 2. The van der Waals surface area contributed by atoms with E-state index in [0.717, 1.165) is 30.6 Å². The Morgan fingerprint density at radius 2 is 2.09 bits per heavy atom. The Kier molecular flexibility index (Phi) is 3.77. The molecule has 1 amide bonds. The summed E-state index contributed by atoms with van der Waals surface area (Å²) in [5.41, 5.74) is 0.997. The van der Waals surface area contributed by atoms with Crippen LogP contribution in [0.3, 0.4) is 0 Å². The molecule has 0 unspecified atom stereocenters. The summed E-state index contributed by atoms with van der Waals surface area (Å²) in [6, 6.07) is 10.1. The van der Waals surface area contributed by atoms with Crippen LogP contribution in [0.15, 0.2) is 42.7 Å². The second-order valence-electron chi connectivity index (χ2n) is 6.35. The van der Waals surface area contributed by atoms with Crippen molar-refractivity contribution in [1.82, 2.24) is 15.1 Å². The third kappa shape index (κ3) is 2.71. The molecule has 1 aliphatic heterocycles. The number of carbonyl (C=O) groups is 1. The largest absolute Gasteiger partial charge is 0.492 e. The average molecular weight is 311 g/mol. The summed E-state index contributed by atoms with van der Waals surface area (Å²) in [7, 11) is 0. The lowest BCUT2D eigenvalue weighted by atomic mass is 9.89. The first-order valence-corrected chi connectivity index (χ1v) is 8.34. The van der Waals surface area contributed by atoms with Crippen molar-refractivity contribution >= 4 is 5.91 Å². The van der Waals surface area contributed by atoms with Crippen molar-refractivity contribution in [3.05, 3.63) is 48.3 Å². The van der Waals surface area contributed by atoms with E-state index in [2.05, 4.69) is 10.4 Å². The van der Waals surface area contributed by atoms with E-state index in [1.54, 1.807) is 6.20 Å². The van der Waals surface area contributed by atoms with Crippen molar-refractivity contribution in [2.75, 3.05) is 6.61 Å². The molecule has 1 aliphatic carbocycles. The smallest absolute Gasteiger partial charge is 0.231 e. The molecule has 2 aromatic rings. The highest BCUT2D eigenvalue weighted by molar-refractivity contribution is 5.85. The van der Waals surface area contributed by atoms with Crippen LogP contribution >= 0.6 is 0 Å². The lowest BCUT2D eigenvalue weighted by Crippen LogP contribution is -2.45. The highest BCUT2D eigenvalue weighted by Crippen LogP contribution is 2.34. The number of benzene rings is 1. The SMILES string of the molecule is O=C(N[C@@H]1CCCC[C@H]1n1cccn1)[C@H]1COc2ccccc21. The van der Waals surface area contributed by atoms with E-state index < -0.39 is 0 Å². The second-order valence-corrected chi connectivity index (χ2v) is 6.35. The number of para-hydroxylation sites is 1. The molecule has 0 bridgehead atoms. The Morgan fingerprint density at radius 1 is 1.22 bits per heavy atom. The highest BCUT2D eigenvalue weighted by Gasteiger charge is 2.34. The van der Waals surface area contributed by atoms with Gasteiger partial charge in [-0.2, -0.15) is 5.10 Å². The van der Waals surface area contributed by atoms with Gasteiger partial charge in [0.05, 0.1) is 12.1 Å². The molecule has 5 nitrogen and oxygen atoms in total. The third-order valence-corrected chi connectivity index (χ3v) is 4.94. The normalized spacial score (nSPS) is 26.3. The van der Waals surface area contributed by atoms with Gasteiger partial charge in [-0.1, -0.05) is 31.0 Å². The van der Waals surface area contributed by atoms with Crippen molar-refractivity contribution in [3.63, 3.8) is 0 Å². The fourth-order valence-electron chi connectivity index (χ4n) is 3.74. The quantitative estimate of drug-likeness (QED) is 0.948. The molecule has 5 heteroatoms. The van der Waals surface area contributed by atoms with Crippen LogP contribution in [-0.2, 0) is 4.79 Å². The molecule has 23 heavy (non-hydrogen) atoms. The van der Waals surface area contributed by atoms with Crippen LogP contribution in [0.25, 0.3) is 0 Å². The van der Waals surface area contributed by atoms with E-state index in [4.69, 9.17) is 4.74 Å². The lowest BCUT2D eigenvalue weighted by molar-refractivity contribution is -0.124. The number of nitrogens with one attached hydrogen (secondary N) is 1. The molecule has 1 aromatic carbocycles. The van der Waals surface area contributed by atoms with Crippen molar-refractivity contribution in [2.45, 2.75) is 43.7 Å². The van der Waals surface area contributed by atoms with Crippen LogP contribution < -0.4 is 10.1 Å². The van der Waals surface area contributed by atoms with E-state index in [1.807, 2.05) is 41.2 Å². The topological polar surface area (TPSA) is 56.2 Å². The number of hydrogen-bond donors (Lipinski definition) is 1. The third-order valence-electron chi connectivity index (χ3n) is 4.94. The van der Waals surface area contributed by atoms with Crippen molar-refractivity contribution in [1.29, 1.82) is 0 Å². The predicted octanol–water partition coefficient (Wildman–Crippen LogP) is 2.66. The molecule has 1 fully saturated rings. The fourth-order valence-corrected chi connectivity index (χ4v) is 3.74. The minimum Gasteiger partial charge on any atom is -0.492 e. The van der Waals surface area contributed by atoms with E-state index in [0.29, 0.717) is 6.61 Å². The van der Waals surface area contributed by atoms with Gasteiger partial charge in [0.2, 0.25) is 5.91 Å². The van der Waals surface area contributed by atoms with Crippen LogP contribution in [0, 0.1) is 0 Å². The zero-order valence-electron chi connectivity index (χ0n) is 13.0. The molecule has 120 valence electrons. The molecule has 2 aliphatic rings. The van der Waals surface area contributed by atoms with Gasteiger partial charge in [-0.25, -0.2) is 0 Å². The summed E-state index contributed by atoms with van der Waals surface area (Å²) < 4.78 is 7.63. The van der Waals surface area contributed by atoms with Gasteiger partial charge in [0.25, 0.3) is 0 Å². The summed E-state index contributed by atoms with van der Waals surface area (Å²) in [5, 5.41) is 7.63. The molecule has 1 aromatic heterocycles. The first-order chi connectivity index (χ1) is 11.3. The fraction of sp³-hybridized carbons (Fsp3) is 0.444. The summed E-state index contributed by atoms with van der Waals surface area (Å²) >= 11 is 0. The minimum absolute atomic E-state index is 0.0685. The van der Waals surface area contributed by atoms with Crippen LogP contribution in [0.2, 0.25) is 0 Å². The zero-order valence-corrected chi connectivity index (χ0v) is 13.0. The van der Waals surface area contributed by atoms with E-state index >= 15 is 0 Å². The number of carbonyl (C=O) groups excluding carboxylic acids is 1. The molecule has 0 saturated heterocycles. The Balaban J connectivity index is 1.49. The Hall–Kier alpha value is -2.30. The van der Waals surface area contributed by atoms with E-state index in [1.165, 1.54) is 6.42 Å². The maximum Gasteiger partial charge on any atom is 0.231 e. The van der Waals surface area contributed by atoms with Crippen LogP contribution in [-0.4, -0.2) is 28.3 Å². The first kappa shape index (κ1) is 14.3. The standard InChI is InChI=1S/C18H21N3O2/c22-18(14-12-23-17-9-4-1-6-13(14)17)20-15-7-2-3-8-16(15)21-11-5-10-19-21/h1,4-6,9-11,14-16H,2-3,7-8,12H2,(H,20,22)/t14-,15+,16+/m0/s1. The van der Waals surface area contributed by atoms with Crippen LogP contribution in [0.4, 0.5) is 0 Å². The van der Waals surface area contributed by atoms with E-state index in [9.17, 15) is 4.79 Å². The zero-order chi connectivity index (χ0) is 15.6. The summed E-state index contributed by atoms with van der Waals surface area (Å²) in [5.74, 6) is 0.699. The van der Waals surface area contributed by atoms with Gasteiger partial charge < -0.3 is 10.1 Å². The maximum atomic E-state index is 12.8. The summed E-state index contributed by atoms with van der Waals surface area (Å²) in [4.78, 5) is 12.8. The van der Waals surface area contributed by atoms with Gasteiger partial charge in [0.1, 0.15) is 18.3 Å². The molecule has 4 rings (SSSR count). The minimum atomic E-state index is -0.202. The predicted molar refractivity (Wildman–Crippen MR) is 86.3 cm³/mol. The summed E-state index contributed by atoms with van der Waals surface area (Å²) in [6.45, 7) is 0.435. The van der Waals surface area contributed by atoms with Gasteiger partial charge in [0.15, 0.2) is 0 Å². The molecular formula is C18H21N3O2. The van der Waals surface area contributed by atoms with E-state index in [-0.39, 0.29) is 23.9 Å². The van der Waals surface area contributed by atoms with Gasteiger partial charge >= 0.3 is 0 Å². The molecule has 1 saturated carbocycles. The number of aromatic nitrogens is 2. The Labute approximate surface area is 135 Å². The van der Waals surface area contributed by atoms with Crippen LogP contribution in [0.5, 0.6) is 5.75 Å². The Morgan fingerprint density at radius 3 is 2.96 bits per heavy atom. The van der Waals surface area contributed by atoms with Crippen molar-refractivity contribution in [3.8, 4) is 5.75 Å².